The summed E-state index contributed by atoms with van der Waals surface area (Å²) in [6.07, 6.45) is 4.59. The Labute approximate surface area is 137 Å². The third-order valence-corrected chi connectivity index (χ3v) is 5.52. The summed E-state index contributed by atoms with van der Waals surface area (Å²) in [4.78, 5) is 19.0. The molecule has 0 amide bonds. The van der Waals surface area contributed by atoms with Crippen LogP contribution >= 0.6 is 11.3 Å². The highest BCUT2D eigenvalue weighted by Gasteiger charge is 2.22. The molecule has 5 heteroatoms. The number of rotatable bonds is 4. The van der Waals surface area contributed by atoms with E-state index in [2.05, 4.69) is 4.98 Å². The maximum Gasteiger partial charge on any atom is 0.348 e. The molecule has 0 radical (unpaired) electrons. The van der Waals surface area contributed by atoms with E-state index in [1.54, 1.807) is 18.4 Å². The van der Waals surface area contributed by atoms with Gasteiger partial charge in [-0.3, -0.25) is 0 Å². The number of benzene rings is 1. The van der Waals surface area contributed by atoms with Gasteiger partial charge in [-0.2, -0.15) is 0 Å². The monoisotopic (exact) mass is 327 g/mol. The first-order valence-electron chi connectivity index (χ1n) is 7.82. The van der Waals surface area contributed by atoms with Crippen molar-refractivity contribution in [2.24, 2.45) is 0 Å². The molecule has 0 saturated heterocycles. The highest BCUT2D eigenvalue weighted by atomic mass is 32.1. The smallest absolute Gasteiger partial charge is 0.348 e. The van der Waals surface area contributed by atoms with Crippen LogP contribution in [0.3, 0.4) is 0 Å². The van der Waals surface area contributed by atoms with E-state index in [-0.39, 0.29) is 5.63 Å². The molecule has 1 aromatic carbocycles. The van der Waals surface area contributed by atoms with Gasteiger partial charge in [0.25, 0.3) is 0 Å². The third-order valence-electron chi connectivity index (χ3n) is 4.33. The van der Waals surface area contributed by atoms with Gasteiger partial charge in [-0.15, -0.1) is 11.3 Å². The molecule has 0 unspecified atom stereocenters. The summed E-state index contributed by atoms with van der Waals surface area (Å²) >= 11 is 1.65. The lowest BCUT2D eigenvalue weighted by molar-refractivity contribution is 0.414. The average molecular weight is 327 g/mol. The second-order valence-electron chi connectivity index (χ2n) is 5.78. The fourth-order valence-corrected chi connectivity index (χ4v) is 4.39. The van der Waals surface area contributed by atoms with Crippen molar-refractivity contribution in [3.05, 3.63) is 56.6 Å². The number of aryl methyl sites for hydroxylation is 4. The standard InChI is InChI=1S/C18H17NO3S/c1-21-12-8-5-11(6-9-12)7-10-15-19-17-16(18(20)22-15)13-3-2-4-14(13)23-17/h5-6,8-9H,2-4,7,10H2,1H3. The van der Waals surface area contributed by atoms with Crippen molar-refractivity contribution in [1.29, 1.82) is 0 Å². The SMILES string of the molecule is COc1ccc(CCc2nc3sc4c(c3c(=O)o2)CCC4)cc1. The predicted octanol–water partition coefficient (Wildman–Crippen LogP) is 3.53. The zero-order valence-corrected chi connectivity index (χ0v) is 13.7. The lowest BCUT2D eigenvalue weighted by atomic mass is 10.1. The number of ether oxygens (including phenoxy) is 1. The van der Waals surface area contributed by atoms with Crippen LogP contribution in [0.25, 0.3) is 10.2 Å². The molecule has 0 N–H and O–H groups in total. The third kappa shape index (κ3) is 2.65. The Morgan fingerprint density at radius 2 is 2.04 bits per heavy atom. The van der Waals surface area contributed by atoms with Gasteiger partial charge in [-0.05, 0) is 48.9 Å². The summed E-state index contributed by atoms with van der Waals surface area (Å²) in [6, 6.07) is 7.92. The molecule has 3 aromatic rings. The van der Waals surface area contributed by atoms with E-state index >= 15 is 0 Å². The second-order valence-corrected chi connectivity index (χ2v) is 6.86. The number of hydrogen-bond acceptors (Lipinski definition) is 5. The van der Waals surface area contributed by atoms with Crippen molar-refractivity contribution in [2.45, 2.75) is 32.1 Å². The minimum Gasteiger partial charge on any atom is -0.497 e. The van der Waals surface area contributed by atoms with Crippen molar-refractivity contribution < 1.29 is 9.15 Å². The van der Waals surface area contributed by atoms with Crippen LogP contribution in [0.1, 0.15) is 28.3 Å². The van der Waals surface area contributed by atoms with Crippen LogP contribution in [0.15, 0.2) is 33.5 Å². The lowest BCUT2D eigenvalue weighted by Crippen LogP contribution is -2.06. The molecule has 0 fully saturated rings. The first-order valence-corrected chi connectivity index (χ1v) is 8.63. The molecule has 118 valence electrons. The first-order chi connectivity index (χ1) is 11.2. The van der Waals surface area contributed by atoms with Crippen molar-refractivity contribution in [1.82, 2.24) is 4.98 Å². The molecule has 23 heavy (non-hydrogen) atoms. The molecule has 1 aliphatic carbocycles. The van der Waals surface area contributed by atoms with Crippen LogP contribution in [0.4, 0.5) is 0 Å². The molecule has 0 saturated carbocycles. The Bertz CT molecular complexity index is 908. The van der Waals surface area contributed by atoms with E-state index in [1.807, 2.05) is 24.3 Å². The molecule has 4 nitrogen and oxygen atoms in total. The fourth-order valence-electron chi connectivity index (χ4n) is 3.12. The number of fused-ring (bicyclic) bond motifs is 3. The number of nitrogens with zero attached hydrogens (tertiary/aromatic N) is 1. The van der Waals surface area contributed by atoms with Gasteiger partial charge < -0.3 is 9.15 Å². The van der Waals surface area contributed by atoms with Crippen LogP contribution in [-0.2, 0) is 25.7 Å². The van der Waals surface area contributed by atoms with Crippen LogP contribution in [0, 0.1) is 0 Å². The highest BCUT2D eigenvalue weighted by molar-refractivity contribution is 7.18. The molecule has 4 rings (SSSR count). The van der Waals surface area contributed by atoms with Crippen molar-refractivity contribution in [3.8, 4) is 5.75 Å². The van der Waals surface area contributed by atoms with Crippen molar-refractivity contribution >= 4 is 21.6 Å². The van der Waals surface area contributed by atoms with Gasteiger partial charge in [0, 0.05) is 11.3 Å². The second kappa shape index (κ2) is 5.81. The summed E-state index contributed by atoms with van der Waals surface area (Å²) in [6.45, 7) is 0. The van der Waals surface area contributed by atoms with Crippen LogP contribution in [0.2, 0.25) is 0 Å². The number of aromatic nitrogens is 1. The topological polar surface area (TPSA) is 52.3 Å². The predicted molar refractivity (Wildman–Crippen MR) is 90.6 cm³/mol. The van der Waals surface area contributed by atoms with E-state index in [1.165, 1.54) is 16.0 Å². The number of thiophene rings is 1. The molecular weight excluding hydrogens is 310 g/mol. The summed E-state index contributed by atoms with van der Waals surface area (Å²) in [5, 5.41) is 0.718. The summed E-state index contributed by atoms with van der Waals surface area (Å²) < 4.78 is 10.6. The normalized spacial score (nSPS) is 13.4. The van der Waals surface area contributed by atoms with E-state index in [4.69, 9.17) is 9.15 Å². The number of hydrogen-bond donors (Lipinski definition) is 0. The minimum absolute atomic E-state index is 0.223. The summed E-state index contributed by atoms with van der Waals surface area (Å²) in [5.41, 5.74) is 2.12. The molecule has 0 atom stereocenters. The van der Waals surface area contributed by atoms with E-state index < -0.39 is 0 Å². The summed E-state index contributed by atoms with van der Waals surface area (Å²) in [7, 11) is 1.65. The van der Waals surface area contributed by atoms with Gasteiger partial charge in [0.2, 0.25) is 0 Å². The van der Waals surface area contributed by atoms with E-state index in [0.29, 0.717) is 12.3 Å². The molecule has 2 heterocycles. The molecule has 0 aliphatic heterocycles. The maximum absolute atomic E-state index is 12.3. The molecule has 0 bridgehead atoms. The maximum atomic E-state index is 12.3. The zero-order valence-electron chi connectivity index (χ0n) is 12.9. The van der Waals surface area contributed by atoms with E-state index in [9.17, 15) is 4.79 Å². The Morgan fingerprint density at radius 1 is 1.22 bits per heavy atom. The van der Waals surface area contributed by atoms with Crippen LogP contribution in [-0.4, -0.2) is 12.1 Å². The van der Waals surface area contributed by atoms with E-state index in [0.717, 1.165) is 41.6 Å². The van der Waals surface area contributed by atoms with Crippen LogP contribution in [0.5, 0.6) is 5.75 Å². The van der Waals surface area contributed by atoms with Gasteiger partial charge in [0.1, 0.15) is 16.0 Å². The molecule has 0 spiro atoms. The fraction of sp³-hybridized carbons (Fsp3) is 0.333. The van der Waals surface area contributed by atoms with Gasteiger partial charge in [-0.1, -0.05) is 12.1 Å². The number of methoxy groups -OCH3 is 1. The van der Waals surface area contributed by atoms with Crippen molar-refractivity contribution in [3.63, 3.8) is 0 Å². The highest BCUT2D eigenvalue weighted by Crippen LogP contribution is 2.34. The summed E-state index contributed by atoms with van der Waals surface area (Å²) in [5.74, 6) is 1.37. The molecule has 2 aromatic heterocycles. The largest absolute Gasteiger partial charge is 0.497 e. The lowest BCUT2D eigenvalue weighted by Gasteiger charge is -2.03. The van der Waals surface area contributed by atoms with Gasteiger partial charge in [0.05, 0.1) is 7.11 Å². The molecule has 1 aliphatic rings. The Hall–Kier alpha value is -2.14. The quantitative estimate of drug-likeness (QED) is 0.735. The van der Waals surface area contributed by atoms with Gasteiger partial charge in [-0.25, -0.2) is 9.78 Å². The Morgan fingerprint density at radius 3 is 2.83 bits per heavy atom. The first kappa shape index (κ1) is 14.5. The Balaban J connectivity index is 1.58. The average Bonchev–Trinajstić information content (AvgIpc) is 3.13. The van der Waals surface area contributed by atoms with Gasteiger partial charge >= 0.3 is 5.63 Å². The van der Waals surface area contributed by atoms with Crippen molar-refractivity contribution in [2.75, 3.05) is 7.11 Å². The minimum atomic E-state index is -0.223. The van der Waals surface area contributed by atoms with Crippen LogP contribution < -0.4 is 10.4 Å². The van der Waals surface area contributed by atoms with Gasteiger partial charge in [0.15, 0.2) is 5.89 Å². The Kier molecular flexibility index (Phi) is 3.65. The molecular formula is C18H17NO3S. The zero-order chi connectivity index (χ0) is 15.8.